The number of ether oxygens (including phenoxy) is 1. The molecule has 0 aromatic heterocycles. The molecular weight excluding hydrogens is 312 g/mol. The van der Waals surface area contributed by atoms with Crippen molar-refractivity contribution in [1.29, 1.82) is 0 Å². The number of aromatic carboxylic acids is 1. The van der Waals surface area contributed by atoms with Gasteiger partial charge in [0.15, 0.2) is 0 Å². The van der Waals surface area contributed by atoms with E-state index < -0.39 is 11.9 Å². The molecule has 0 aliphatic carbocycles. The molecule has 1 atom stereocenters. The van der Waals surface area contributed by atoms with E-state index in [4.69, 9.17) is 4.74 Å². The topological polar surface area (TPSA) is 95.9 Å². The van der Waals surface area contributed by atoms with Crippen LogP contribution >= 0.6 is 0 Å². The maximum atomic E-state index is 11.6. The summed E-state index contributed by atoms with van der Waals surface area (Å²) < 4.78 is 5.20. The molecule has 0 saturated carbocycles. The van der Waals surface area contributed by atoms with Crippen molar-refractivity contribution in [2.24, 2.45) is 0 Å². The van der Waals surface area contributed by atoms with Gasteiger partial charge in [0, 0.05) is 31.1 Å². The summed E-state index contributed by atoms with van der Waals surface area (Å²) in [6.45, 7) is 9.92. The van der Waals surface area contributed by atoms with Gasteiger partial charge in [-0.3, -0.25) is 14.5 Å². The summed E-state index contributed by atoms with van der Waals surface area (Å²) in [5, 5.41) is 12.1. The Morgan fingerprint density at radius 1 is 1.21 bits per heavy atom. The van der Waals surface area contributed by atoms with Gasteiger partial charge in [-0.1, -0.05) is 13.8 Å². The van der Waals surface area contributed by atoms with Crippen molar-refractivity contribution in [3.63, 3.8) is 0 Å². The second kappa shape index (κ2) is 8.44. The first-order valence-electron chi connectivity index (χ1n) is 7.82. The zero-order chi connectivity index (χ0) is 18.4. The lowest BCUT2D eigenvalue weighted by Gasteiger charge is -2.28. The van der Waals surface area contributed by atoms with Crippen LogP contribution in [0, 0.1) is 0 Å². The largest absolute Gasteiger partial charge is 0.478 e. The quantitative estimate of drug-likeness (QED) is 0.587. The van der Waals surface area contributed by atoms with Crippen LogP contribution in [-0.2, 0) is 9.59 Å². The van der Waals surface area contributed by atoms with Crippen molar-refractivity contribution >= 4 is 23.5 Å². The predicted molar refractivity (Wildman–Crippen MR) is 90.4 cm³/mol. The lowest BCUT2D eigenvalue weighted by atomic mass is 10.00. The number of rotatable bonds is 7. The molecule has 7 nitrogen and oxygen atoms in total. The minimum absolute atomic E-state index is 0.0171. The normalized spacial score (nSPS) is 11.9. The molecule has 0 fully saturated rings. The molecule has 0 bridgehead atoms. The van der Waals surface area contributed by atoms with Crippen LogP contribution < -0.4 is 10.1 Å². The van der Waals surface area contributed by atoms with Crippen molar-refractivity contribution in [1.82, 2.24) is 4.90 Å². The van der Waals surface area contributed by atoms with Crippen LogP contribution in [0.5, 0.6) is 5.75 Å². The highest BCUT2D eigenvalue weighted by molar-refractivity contribution is 5.96. The molecule has 24 heavy (non-hydrogen) atoms. The van der Waals surface area contributed by atoms with Crippen molar-refractivity contribution in [3.05, 3.63) is 23.3 Å². The maximum Gasteiger partial charge on any atom is 0.339 e. The van der Waals surface area contributed by atoms with E-state index in [2.05, 4.69) is 10.2 Å². The first-order valence-corrected chi connectivity index (χ1v) is 7.82. The molecular formula is C17H24N2O5. The lowest BCUT2D eigenvalue weighted by molar-refractivity contribution is -0.132. The van der Waals surface area contributed by atoms with Crippen molar-refractivity contribution in [3.8, 4) is 5.75 Å². The Morgan fingerprint density at radius 2 is 1.79 bits per heavy atom. The summed E-state index contributed by atoms with van der Waals surface area (Å²) >= 11 is 0. The Bertz CT molecular complexity index is 638. The zero-order valence-electron chi connectivity index (χ0n) is 14.7. The molecule has 2 N–H and O–H groups in total. The summed E-state index contributed by atoms with van der Waals surface area (Å²) in [7, 11) is 0. The molecule has 0 saturated heterocycles. The van der Waals surface area contributed by atoms with Crippen LogP contribution in [0.15, 0.2) is 12.1 Å². The lowest BCUT2D eigenvalue weighted by Crippen LogP contribution is -2.27. The third-order valence-electron chi connectivity index (χ3n) is 3.72. The smallest absolute Gasteiger partial charge is 0.339 e. The number of hydrogen-bond donors (Lipinski definition) is 2. The molecule has 0 aliphatic heterocycles. The van der Waals surface area contributed by atoms with Crippen molar-refractivity contribution in [2.75, 3.05) is 18.4 Å². The fourth-order valence-electron chi connectivity index (χ4n) is 2.62. The molecule has 1 aromatic rings. The Morgan fingerprint density at radius 3 is 2.21 bits per heavy atom. The number of carboxylic acid groups (broad SMARTS) is 1. The average Bonchev–Trinajstić information content (AvgIpc) is 2.48. The van der Waals surface area contributed by atoms with Gasteiger partial charge in [0.2, 0.25) is 5.91 Å². The molecule has 1 amide bonds. The summed E-state index contributed by atoms with van der Waals surface area (Å²) in [5.74, 6) is -2.12. The minimum atomic E-state index is -1.23. The number of carbonyl (C=O) groups is 3. The molecule has 0 aliphatic rings. The van der Waals surface area contributed by atoms with Crippen LogP contribution in [0.25, 0.3) is 0 Å². The standard InChI is InChI=1S/C17H24N2O5/c1-6-19(7-2)10(3)14-8-13(18-11(4)20)9-15(17(22)23)16(14)24-12(5)21/h8-10H,6-7H2,1-5H3,(H,18,20)(H,22,23). The van der Waals surface area contributed by atoms with Gasteiger partial charge in [0.05, 0.1) is 0 Å². The Balaban J connectivity index is 3.58. The second-order valence-electron chi connectivity index (χ2n) is 5.42. The molecule has 1 unspecified atom stereocenters. The number of nitrogens with zero attached hydrogens (tertiary/aromatic N) is 1. The number of carboxylic acids is 1. The second-order valence-corrected chi connectivity index (χ2v) is 5.42. The summed E-state index contributed by atoms with van der Waals surface area (Å²) in [5.41, 5.74) is 0.729. The van der Waals surface area contributed by atoms with Crippen LogP contribution in [0.2, 0.25) is 0 Å². The van der Waals surface area contributed by atoms with E-state index in [9.17, 15) is 19.5 Å². The molecule has 0 heterocycles. The average molecular weight is 336 g/mol. The van der Waals surface area contributed by atoms with Gasteiger partial charge in [0.25, 0.3) is 0 Å². The Kier molecular flexibility index (Phi) is 6.91. The molecule has 7 heteroatoms. The molecule has 1 rings (SSSR count). The number of nitrogens with one attached hydrogen (secondary N) is 1. The maximum absolute atomic E-state index is 11.6. The van der Waals surface area contributed by atoms with Gasteiger partial charge < -0.3 is 15.2 Å². The molecule has 1 aromatic carbocycles. The van der Waals surface area contributed by atoms with Gasteiger partial charge in [-0.05, 0) is 32.1 Å². The van der Waals surface area contributed by atoms with Crippen LogP contribution in [-0.4, -0.2) is 40.9 Å². The van der Waals surface area contributed by atoms with Crippen LogP contribution in [0.1, 0.15) is 56.6 Å². The summed E-state index contributed by atoms with van der Waals surface area (Å²) in [4.78, 5) is 36.5. The van der Waals surface area contributed by atoms with Crippen molar-refractivity contribution in [2.45, 2.75) is 40.7 Å². The number of esters is 1. The van der Waals surface area contributed by atoms with E-state index in [1.165, 1.54) is 19.9 Å². The number of anilines is 1. The van der Waals surface area contributed by atoms with Crippen LogP contribution in [0.4, 0.5) is 5.69 Å². The fraction of sp³-hybridized carbons (Fsp3) is 0.471. The highest BCUT2D eigenvalue weighted by Crippen LogP contribution is 2.35. The number of hydrogen-bond acceptors (Lipinski definition) is 5. The van der Waals surface area contributed by atoms with E-state index in [0.717, 1.165) is 13.1 Å². The van der Waals surface area contributed by atoms with E-state index in [0.29, 0.717) is 11.3 Å². The highest BCUT2D eigenvalue weighted by Gasteiger charge is 2.25. The first kappa shape index (κ1) is 19.6. The number of carbonyl (C=O) groups excluding carboxylic acids is 2. The molecule has 132 valence electrons. The SMILES string of the molecule is CCN(CC)C(C)c1cc(NC(C)=O)cc(C(=O)O)c1OC(C)=O. The Hall–Kier alpha value is -2.41. The van der Waals surface area contributed by atoms with Gasteiger partial charge in [-0.15, -0.1) is 0 Å². The van der Waals surface area contributed by atoms with Gasteiger partial charge >= 0.3 is 11.9 Å². The van der Waals surface area contributed by atoms with Gasteiger partial charge in [0.1, 0.15) is 11.3 Å². The van der Waals surface area contributed by atoms with E-state index in [1.807, 2.05) is 20.8 Å². The van der Waals surface area contributed by atoms with E-state index in [-0.39, 0.29) is 23.3 Å². The zero-order valence-corrected chi connectivity index (χ0v) is 14.7. The summed E-state index contributed by atoms with van der Waals surface area (Å²) in [6, 6.07) is 2.75. The van der Waals surface area contributed by atoms with Gasteiger partial charge in [-0.25, -0.2) is 4.79 Å². The predicted octanol–water partition coefficient (Wildman–Crippen LogP) is 2.67. The monoisotopic (exact) mass is 336 g/mol. The molecule has 0 radical (unpaired) electrons. The minimum Gasteiger partial charge on any atom is -0.478 e. The third kappa shape index (κ3) is 4.79. The van der Waals surface area contributed by atoms with E-state index in [1.54, 1.807) is 6.07 Å². The highest BCUT2D eigenvalue weighted by atomic mass is 16.5. The van der Waals surface area contributed by atoms with Gasteiger partial charge in [-0.2, -0.15) is 0 Å². The number of benzene rings is 1. The third-order valence-corrected chi connectivity index (χ3v) is 3.72. The van der Waals surface area contributed by atoms with E-state index >= 15 is 0 Å². The fourth-order valence-corrected chi connectivity index (χ4v) is 2.62. The van der Waals surface area contributed by atoms with Crippen molar-refractivity contribution < 1.29 is 24.2 Å². The number of amides is 1. The molecule has 0 spiro atoms. The first-order chi connectivity index (χ1) is 11.2. The summed E-state index contributed by atoms with van der Waals surface area (Å²) in [6.07, 6.45) is 0. The van der Waals surface area contributed by atoms with Crippen LogP contribution in [0.3, 0.4) is 0 Å². The Labute approximate surface area is 141 Å².